The molecule has 92 heavy (non-hydrogen) atoms. The first-order chi connectivity index (χ1) is 44.4. The van der Waals surface area contributed by atoms with Crippen LogP contribution in [0, 0.1) is 11.8 Å². The number of phosphoric ester groups is 2. The van der Waals surface area contributed by atoms with Crippen molar-refractivity contribution in [3.8, 4) is 0 Å². The van der Waals surface area contributed by atoms with Gasteiger partial charge in [0.15, 0.2) is 12.2 Å². The maximum Gasteiger partial charge on any atom is 0.472 e. The molecule has 7 atom stereocenters. The number of carbonyl (C=O) groups is 4. The van der Waals surface area contributed by atoms with E-state index < -0.39 is 97.5 Å². The Bertz CT molecular complexity index is 1790. The van der Waals surface area contributed by atoms with Crippen LogP contribution in [0.1, 0.15) is 375 Å². The van der Waals surface area contributed by atoms with E-state index in [1.807, 2.05) is 0 Å². The fraction of sp³-hybridized carbons (Fsp3) is 0.945. The van der Waals surface area contributed by atoms with Crippen molar-refractivity contribution in [1.82, 2.24) is 0 Å². The monoisotopic (exact) mass is 1350 g/mol. The maximum absolute atomic E-state index is 13.1. The van der Waals surface area contributed by atoms with Crippen LogP contribution in [0.15, 0.2) is 0 Å². The van der Waals surface area contributed by atoms with Crippen LogP contribution < -0.4 is 0 Å². The van der Waals surface area contributed by atoms with Gasteiger partial charge in [0.25, 0.3) is 0 Å². The van der Waals surface area contributed by atoms with Crippen LogP contribution in [0.2, 0.25) is 0 Å². The third kappa shape index (κ3) is 64.1. The van der Waals surface area contributed by atoms with E-state index in [0.29, 0.717) is 25.7 Å². The molecule has 0 amide bonds. The zero-order chi connectivity index (χ0) is 67.9. The molecule has 17 nitrogen and oxygen atoms in total. The fourth-order valence-electron chi connectivity index (χ4n) is 11.1. The Morgan fingerprint density at radius 3 is 0.772 bits per heavy atom. The highest BCUT2D eigenvalue weighted by atomic mass is 31.2. The molecule has 3 N–H and O–H groups in total. The predicted octanol–water partition coefficient (Wildman–Crippen LogP) is 21.2. The number of unbranched alkanes of at least 4 members (excludes halogenated alkanes) is 40. The van der Waals surface area contributed by atoms with Gasteiger partial charge in [0.05, 0.1) is 26.4 Å². The van der Waals surface area contributed by atoms with Gasteiger partial charge in [-0.05, 0) is 37.5 Å². The molecule has 0 aromatic rings. The lowest BCUT2D eigenvalue weighted by Gasteiger charge is -2.21. The Hall–Kier alpha value is -1.94. The first-order valence-corrected chi connectivity index (χ1v) is 41.1. The second-order valence-corrected chi connectivity index (χ2v) is 29.7. The van der Waals surface area contributed by atoms with Gasteiger partial charge < -0.3 is 33.8 Å². The van der Waals surface area contributed by atoms with Gasteiger partial charge in [0.2, 0.25) is 0 Å². The first-order valence-electron chi connectivity index (χ1n) is 38.1. The smallest absolute Gasteiger partial charge is 0.462 e. The summed E-state index contributed by atoms with van der Waals surface area (Å²) in [5.74, 6) is -0.543. The van der Waals surface area contributed by atoms with E-state index in [4.69, 9.17) is 37.0 Å². The summed E-state index contributed by atoms with van der Waals surface area (Å²) in [5.41, 5.74) is 0. The Morgan fingerprint density at radius 1 is 0.304 bits per heavy atom. The van der Waals surface area contributed by atoms with Crippen LogP contribution in [-0.4, -0.2) is 96.7 Å². The van der Waals surface area contributed by atoms with Gasteiger partial charge in [-0.25, -0.2) is 9.13 Å². The second kappa shape index (κ2) is 65.0. The van der Waals surface area contributed by atoms with Crippen LogP contribution in [0.3, 0.4) is 0 Å². The van der Waals surface area contributed by atoms with E-state index in [-0.39, 0.29) is 25.7 Å². The molecule has 0 fully saturated rings. The highest BCUT2D eigenvalue weighted by molar-refractivity contribution is 7.47. The third-order valence-electron chi connectivity index (χ3n) is 17.7. The third-order valence-corrected chi connectivity index (χ3v) is 19.6. The van der Waals surface area contributed by atoms with Crippen molar-refractivity contribution < 1.29 is 80.2 Å². The lowest BCUT2D eigenvalue weighted by atomic mass is 9.99. The molecule has 4 unspecified atom stereocenters. The summed E-state index contributed by atoms with van der Waals surface area (Å²) >= 11 is 0. The molecule has 0 spiro atoms. The minimum Gasteiger partial charge on any atom is -0.462 e. The fourth-order valence-corrected chi connectivity index (χ4v) is 12.6. The summed E-state index contributed by atoms with van der Waals surface area (Å²) in [5, 5.41) is 10.6. The summed E-state index contributed by atoms with van der Waals surface area (Å²) in [4.78, 5) is 72.3. The Labute approximate surface area is 562 Å². The van der Waals surface area contributed by atoms with E-state index in [0.717, 1.165) is 108 Å². The largest absolute Gasteiger partial charge is 0.472 e. The van der Waals surface area contributed by atoms with Crippen LogP contribution in [0.4, 0.5) is 0 Å². The number of esters is 4. The summed E-state index contributed by atoms with van der Waals surface area (Å²) in [6.45, 7) is 9.49. The molecule has 546 valence electrons. The van der Waals surface area contributed by atoms with Crippen molar-refractivity contribution in [2.45, 2.75) is 394 Å². The van der Waals surface area contributed by atoms with E-state index in [1.54, 1.807) is 0 Å². The molecule has 0 heterocycles. The molecule has 0 rings (SSSR count). The van der Waals surface area contributed by atoms with Crippen LogP contribution in [-0.2, 0) is 65.4 Å². The van der Waals surface area contributed by atoms with E-state index in [1.165, 1.54) is 186 Å². The number of hydrogen-bond donors (Lipinski definition) is 3. The predicted molar refractivity (Wildman–Crippen MR) is 372 cm³/mol. The SMILES string of the molecule is CCCCCCCCCCCCCCCCCC(=O)OC[C@H](COP(=O)(O)OC[C@@H](O)COP(=O)(O)OC[C@@H](COC(=O)CCCCCCC)OC(=O)CCCCCCCCC(C)CC)OC(=O)CCCCCCCCCCCCCCCCCCCCC(C)CC. The minimum atomic E-state index is -4.95. The topological polar surface area (TPSA) is 237 Å². The highest BCUT2D eigenvalue weighted by Gasteiger charge is 2.30. The number of phosphoric acid groups is 2. The van der Waals surface area contributed by atoms with Crippen molar-refractivity contribution in [3.05, 3.63) is 0 Å². The van der Waals surface area contributed by atoms with Crippen LogP contribution in [0.25, 0.3) is 0 Å². The number of ether oxygens (including phenoxy) is 4. The van der Waals surface area contributed by atoms with Gasteiger partial charge in [0.1, 0.15) is 19.3 Å². The van der Waals surface area contributed by atoms with E-state index in [2.05, 4.69) is 41.5 Å². The Kier molecular flexibility index (Phi) is 63.7. The molecule has 19 heteroatoms. The minimum absolute atomic E-state index is 0.102. The Morgan fingerprint density at radius 2 is 0.522 bits per heavy atom. The van der Waals surface area contributed by atoms with Crippen molar-refractivity contribution >= 4 is 39.5 Å². The number of hydrogen-bond acceptors (Lipinski definition) is 15. The molecule has 0 aromatic heterocycles. The average Bonchev–Trinajstić information content (AvgIpc) is 1.99. The van der Waals surface area contributed by atoms with Gasteiger partial charge in [-0.15, -0.1) is 0 Å². The number of aliphatic hydroxyl groups is 1. The standard InChI is InChI=1S/C73H142O17P2/c1-7-11-13-15-16-17-18-19-24-28-31-34-37-44-50-56-71(76)84-62-69(89-72(77)57-51-45-38-35-32-29-26-23-21-20-22-25-27-30-33-36-42-47-53-65(5)9-3)64-88-92(81,82)86-60-67(74)59-85-91(79,80)87-63-68(61-83-70(75)55-49-41-14-12-8-2)90-73(78)58-52-46-40-39-43-48-54-66(6)10-4/h65-69,74H,7-64H2,1-6H3,(H,79,80)(H,81,82)/t65?,66?,67-,68+,69+/m0/s1. The first kappa shape index (κ1) is 90.1. The molecule has 0 aliphatic rings. The highest BCUT2D eigenvalue weighted by Crippen LogP contribution is 2.45. The van der Waals surface area contributed by atoms with Crippen molar-refractivity contribution in [3.63, 3.8) is 0 Å². The second-order valence-electron chi connectivity index (χ2n) is 26.8. The molecule has 0 radical (unpaired) electrons. The summed E-state index contributed by atoms with van der Waals surface area (Å²) in [6, 6.07) is 0. The molecular weight excluding hydrogens is 1210 g/mol. The van der Waals surface area contributed by atoms with Crippen LogP contribution in [0.5, 0.6) is 0 Å². The molecule has 0 aromatic carbocycles. The molecule has 0 saturated heterocycles. The van der Waals surface area contributed by atoms with Gasteiger partial charge in [-0.2, -0.15) is 0 Å². The van der Waals surface area contributed by atoms with Gasteiger partial charge in [0, 0.05) is 25.7 Å². The van der Waals surface area contributed by atoms with Crippen molar-refractivity contribution in [2.75, 3.05) is 39.6 Å². The van der Waals surface area contributed by atoms with Gasteiger partial charge in [-0.3, -0.25) is 37.3 Å². The molecule has 0 aliphatic carbocycles. The summed E-state index contributed by atoms with van der Waals surface area (Å²) in [6.07, 6.45) is 51.9. The molecular formula is C73H142O17P2. The lowest BCUT2D eigenvalue weighted by Crippen LogP contribution is -2.30. The zero-order valence-electron chi connectivity index (χ0n) is 59.9. The average molecular weight is 1350 g/mol. The summed E-state index contributed by atoms with van der Waals surface area (Å²) in [7, 11) is -9.89. The van der Waals surface area contributed by atoms with Crippen molar-refractivity contribution in [2.24, 2.45) is 11.8 Å². The number of carbonyl (C=O) groups excluding carboxylic acids is 4. The van der Waals surface area contributed by atoms with Crippen molar-refractivity contribution in [1.29, 1.82) is 0 Å². The maximum atomic E-state index is 13.1. The normalized spacial score (nSPS) is 14.7. The lowest BCUT2D eigenvalue weighted by molar-refractivity contribution is -0.161. The number of rotatable bonds is 72. The zero-order valence-corrected chi connectivity index (χ0v) is 61.6. The van der Waals surface area contributed by atoms with Gasteiger partial charge in [-0.1, -0.05) is 324 Å². The Balaban J connectivity index is 5.11. The van der Waals surface area contributed by atoms with Gasteiger partial charge >= 0.3 is 39.5 Å². The summed E-state index contributed by atoms with van der Waals surface area (Å²) < 4.78 is 68.1. The molecule has 0 aliphatic heterocycles. The number of aliphatic hydroxyl groups excluding tert-OH is 1. The van der Waals surface area contributed by atoms with E-state index >= 15 is 0 Å². The van der Waals surface area contributed by atoms with E-state index in [9.17, 15) is 43.2 Å². The molecule has 0 saturated carbocycles. The molecule has 0 bridgehead atoms. The van der Waals surface area contributed by atoms with Crippen LogP contribution >= 0.6 is 15.6 Å². The quantitative estimate of drug-likeness (QED) is 0.0222.